The van der Waals surface area contributed by atoms with Crippen molar-refractivity contribution in [1.82, 2.24) is 19.2 Å². The zero-order chi connectivity index (χ0) is 30.8. The maximum Gasteiger partial charge on any atom is 0.410 e. The van der Waals surface area contributed by atoms with Gasteiger partial charge in [-0.25, -0.2) is 18.6 Å². The molecular weight excluding hydrogens is 568 g/mol. The van der Waals surface area contributed by atoms with Crippen molar-refractivity contribution in [3.05, 3.63) is 58.9 Å². The smallest absolute Gasteiger partial charge is 0.410 e. The normalized spacial score (nSPS) is 14.5. The van der Waals surface area contributed by atoms with Crippen LogP contribution in [-0.2, 0) is 14.9 Å². The first-order chi connectivity index (χ1) is 19.7. The predicted molar refractivity (Wildman–Crippen MR) is 154 cm³/mol. The number of amides is 1. The van der Waals surface area contributed by atoms with Crippen molar-refractivity contribution < 1.29 is 31.5 Å². The van der Waals surface area contributed by atoms with Crippen LogP contribution in [0.1, 0.15) is 62.0 Å². The lowest BCUT2D eigenvalue weighted by atomic mass is 9.97. The lowest BCUT2D eigenvalue weighted by Crippen LogP contribution is -2.41. The number of rotatable bonds is 6. The Kier molecular flexibility index (Phi) is 8.89. The second-order valence-corrected chi connectivity index (χ2v) is 12.7. The molecule has 10 nitrogen and oxygen atoms in total. The van der Waals surface area contributed by atoms with Gasteiger partial charge in [-0.3, -0.25) is 9.52 Å². The average Bonchev–Trinajstić information content (AvgIpc) is 3.35. The largest absolute Gasteiger partial charge is 0.444 e. The standard InChI is InChI=1S/C29H33F2N5O5S/c1-6-35(5)42(39,40)34-23-10-9-22(30)24(25(23)31)26(37)21-17-33-27-20(21)15-19(16-32-27)8-7-18-11-13-36(14-12-18)28(38)41-29(2,3)4/h9-10,15-18,34H,6,11-14H2,1-5H3,(H,32,33). The van der Waals surface area contributed by atoms with E-state index in [0.29, 0.717) is 42.5 Å². The number of pyridine rings is 1. The van der Waals surface area contributed by atoms with E-state index in [2.05, 4.69) is 26.5 Å². The van der Waals surface area contributed by atoms with E-state index in [-0.39, 0.29) is 24.1 Å². The van der Waals surface area contributed by atoms with Crippen molar-refractivity contribution >= 4 is 38.8 Å². The third-order valence-corrected chi connectivity index (χ3v) is 8.31. The number of anilines is 1. The van der Waals surface area contributed by atoms with Gasteiger partial charge in [0.25, 0.3) is 0 Å². The number of aromatic amines is 1. The van der Waals surface area contributed by atoms with E-state index in [0.717, 1.165) is 16.4 Å². The molecule has 0 aliphatic carbocycles. The molecule has 1 amide bonds. The Hall–Kier alpha value is -4.02. The van der Waals surface area contributed by atoms with Gasteiger partial charge in [0, 0.05) is 61.5 Å². The number of H-pyrrole nitrogens is 1. The van der Waals surface area contributed by atoms with Crippen LogP contribution in [0.15, 0.2) is 30.6 Å². The molecule has 2 aromatic heterocycles. The number of carbonyl (C=O) groups excluding carboxylic acids is 2. The van der Waals surface area contributed by atoms with Crippen LogP contribution < -0.4 is 4.72 Å². The maximum absolute atomic E-state index is 15.4. The third kappa shape index (κ3) is 6.88. The minimum atomic E-state index is -4.11. The van der Waals surface area contributed by atoms with Crippen molar-refractivity contribution in [1.29, 1.82) is 0 Å². The number of benzene rings is 1. The number of halogens is 2. The Morgan fingerprint density at radius 1 is 1.24 bits per heavy atom. The number of aromatic nitrogens is 2. The average molecular weight is 602 g/mol. The Morgan fingerprint density at radius 2 is 1.93 bits per heavy atom. The Bertz CT molecular complexity index is 1680. The summed E-state index contributed by atoms with van der Waals surface area (Å²) in [5.74, 6) is 2.83. The summed E-state index contributed by atoms with van der Waals surface area (Å²) >= 11 is 0. The number of nitrogens with zero attached hydrogens (tertiary/aromatic N) is 3. The summed E-state index contributed by atoms with van der Waals surface area (Å²) in [5.41, 5.74) is -1.25. The fraction of sp³-hybridized carbons (Fsp3) is 0.414. The highest BCUT2D eigenvalue weighted by atomic mass is 32.2. The first kappa shape index (κ1) is 30.9. The van der Waals surface area contributed by atoms with Gasteiger partial charge in [0.1, 0.15) is 17.1 Å². The minimum Gasteiger partial charge on any atom is -0.444 e. The predicted octanol–water partition coefficient (Wildman–Crippen LogP) is 4.68. The summed E-state index contributed by atoms with van der Waals surface area (Å²) in [6.07, 6.45) is 3.81. The zero-order valence-corrected chi connectivity index (χ0v) is 24.9. The van der Waals surface area contributed by atoms with Crippen LogP contribution in [0.4, 0.5) is 19.3 Å². The van der Waals surface area contributed by atoms with Crippen molar-refractivity contribution in [3.63, 3.8) is 0 Å². The van der Waals surface area contributed by atoms with E-state index in [1.54, 1.807) is 17.9 Å². The Balaban J connectivity index is 1.55. The highest BCUT2D eigenvalue weighted by molar-refractivity contribution is 7.90. The number of piperidine rings is 1. The van der Waals surface area contributed by atoms with E-state index in [1.165, 1.54) is 19.4 Å². The van der Waals surface area contributed by atoms with Crippen LogP contribution in [0.3, 0.4) is 0 Å². The highest BCUT2D eigenvalue weighted by Crippen LogP contribution is 2.28. The first-order valence-corrected chi connectivity index (χ1v) is 14.9. The maximum atomic E-state index is 15.4. The van der Waals surface area contributed by atoms with Crippen molar-refractivity contribution in [2.75, 3.05) is 31.4 Å². The number of hydrogen-bond acceptors (Lipinski definition) is 6. The van der Waals surface area contributed by atoms with Gasteiger partial charge in [-0.1, -0.05) is 18.8 Å². The molecule has 0 saturated carbocycles. The number of carbonyl (C=O) groups is 2. The molecule has 1 aliphatic rings. The molecule has 1 aromatic carbocycles. The minimum absolute atomic E-state index is 0.0353. The summed E-state index contributed by atoms with van der Waals surface area (Å²) in [4.78, 5) is 34.4. The molecule has 3 heterocycles. The molecular formula is C29H33F2N5O5S. The summed E-state index contributed by atoms with van der Waals surface area (Å²) in [6, 6.07) is 3.36. The third-order valence-electron chi connectivity index (χ3n) is 6.76. The molecule has 3 aromatic rings. The summed E-state index contributed by atoms with van der Waals surface area (Å²) in [7, 11) is -2.82. The zero-order valence-electron chi connectivity index (χ0n) is 24.0. The molecule has 4 rings (SSSR count). The van der Waals surface area contributed by atoms with Crippen molar-refractivity contribution in [2.45, 2.75) is 46.1 Å². The van der Waals surface area contributed by atoms with Crippen LogP contribution in [0, 0.1) is 29.4 Å². The Labute approximate surface area is 243 Å². The number of ketones is 1. The fourth-order valence-electron chi connectivity index (χ4n) is 4.34. The number of hydrogen-bond donors (Lipinski definition) is 2. The van der Waals surface area contributed by atoms with Crippen LogP contribution in [-0.4, -0.2) is 71.8 Å². The van der Waals surface area contributed by atoms with Gasteiger partial charge in [-0.15, -0.1) is 0 Å². The molecule has 0 atom stereocenters. The van der Waals surface area contributed by atoms with Gasteiger partial charge in [0.05, 0.1) is 11.3 Å². The Morgan fingerprint density at radius 3 is 2.57 bits per heavy atom. The summed E-state index contributed by atoms with van der Waals surface area (Å²) in [6.45, 7) is 8.19. The van der Waals surface area contributed by atoms with E-state index in [1.807, 2.05) is 20.8 Å². The van der Waals surface area contributed by atoms with Gasteiger partial charge in [-0.2, -0.15) is 12.7 Å². The molecule has 0 unspecified atom stereocenters. The molecule has 2 N–H and O–H groups in total. The first-order valence-electron chi connectivity index (χ1n) is 13.4. The summed E-state index contributed by atoms with van der Waals surface area (Å²) < 4.78 is 63.3. The van der Waals surface area contributed by atoms with E-state index >= 15 is 4.39 Å². The number of fused-ring (bicyclic) bond motifs is 1. The van der Waals surface area contributed by atoms with Gasteiger partial charge < -0.3 is 14.6 Å². The highest BCUT2D eigenvalue weighted by Gasteiger charge is 2.28. The second-order valence-electron chi connectivity index (χ2n) is 11.0. The lowest BCUT2D eigenvalue weighted by Gasteiger charge is -2.31. The quantitative estimate of drug-likeness (QED) is 0.312. The molecule has 0 spiro atoms. The van der Waals surface area contributed by atoms with Gasteiger partial charge >= 0.3 is 16.3 Å². The van der Waals surface area contributed by atoms with Crippen LogP contribution in [0.5, 0.6) is 0 Å². The molecule has 1 fully saturated rings. The number of likely N-dealkylation sites (tertiary alicyclic amines) is 1. The monoisotopic (exact) mass is 601 g/mol. The molecule has 224 valence electrons. The molecule has 0 bridgehead atoms. The summed E-state index contributed by atoms with van der Waals surface area (Å²) in [5, 5.41) is 0.307. The molecule has 1 saturated heterocycles. The van der Waals surface area contributed by atoms with Crippen molar-refractivity contribution in [3.8, 4) is 11.8 Å². The number of ether oxygens (including phenoxy) is 1. The van der Waals surface area contributed by atoms with Gasteiger partial charge in [0.2, 0.25) is 5.78 Å². The molecule has 42 heavy (non-hydrogen) atoms. The van der Waals surface area contributed by atoms with Gasteiger partial charge in [0.15, 0.2) is 5.82 Å². The molecule has 1 aliphatic heterocycles. The molecule has 0 radical (unpaired) electrons. The fourth-order valence-corrected chi connectivity index (χ4v) is 5.27. The van der Waals surface area contributed by atoms with E-state index in [4.69, 9.17) is 4.74 Å². The lowest BCUT2D eigenvalue weighted by molar-refractivity contribution is 0.0199. The van der Waals surface area contributed by atoms with Gasteiger partial charge in [-0.05, 0) is 51.8 Å². The van der Waals surface area contributed by atoms with Crippen LogP contribution >= 0.6 is 0 Å². The van der Waals surface area contributed by atoms with Crippen LogP contribution in [0.2, 0.25) is 0 Å². The second kappa shape index (κ2) is 12.1. The van der Waals surface area contributed by atoms with Crippen molar-refractivity contribution in [2.24, 2.45) is 5.92 Å². The van der Waals surface area contributed by atoms with E-state index < -0.39 is 44.5 Å². The number of nitrogens with one attached hydrogen (secondary N) is 2. The SMILES string of the molecule is CCN(C)S(=O)(=O)Nc1ccc(F)c(C(=O)c2c[nH]c3ncc(C#CC4CCN(C(=O)OC(C)(C)C)CC4)cc23)c1F. The van der Waals surface area contributed by atoms with Crippen LogP contribution in [0.25, 0.3) is 11.0 Å². The molecule has 13 heteroatoms. The topological polar surface area (TPSA) is 125 Å². The van der Waals surface area contributed by atoms with E-state index in [9.17, 15) is 22.4 Å².